The van der Waals surface area contributed by atoms with Crippen LogP contribution in [0, 0.1) is 0 Å². The Bertz CT molecular complexity index is 852. The summed E-state index contributed by atoms with van der Waals surface area (Å²) >= 11 is 5.77. The molecule has 2 aromatic carbocycles. The number of methoxy groups -OCH3 is 1. The summed E-state index contributed by atoms with van der Waals surface area (Å²) in [7, 11) is -0.602. The first-order valence-corrected chi connectivity index (χ1v) is 9.75. The molecular formula is C18H21ClN2O4S. The maximum atomic E-state index is 12.5. The van der Waals surface area contributed by atoms with Crippen molar-refractivity contribution in [3.05, 3.63) is 59.1 Å². The molecule has 0 aliphatic carbocycles. The molecule has 1 N–H and O–H groups in total. The van der Waals surface area contributed by atoms with E-state index in [2.05, 4.69) is 4.72 Å². The van der Waals surface area contributed by atoms with Gasteiger partial charge in [0.05, 0.1) is 18.0 Å². The van der Waals surface area contributed by atoms with E-state index in [1.54, 1.807) is 26.3 Å². The summed E-state index contributed by atoms with van der Waals surface area (Å²) < 4.78 is 32.2. The van der Waals surface area contributed by atoms with E-state index < -0.39 is 16.1 Å². The first kappa shape index (κ1) is 20.2. The van der Waals surface area contributed by atoms with Gasteiger partial charge in [0.25, 0.3) is 0 Å². The minimum atomic E-state index is -3.81. The van der Waals surface area contributed by atoms with Gasteiger partial charge in [0.15, 0.2) is 0 Å². The molecule has 0 saturated heterocycles. The Hall–Kier alpha value is -2.09. The van der Waals surface area contributed by atoms with Crippen LogP contribution in [0.1, 0.15) is 12.5 Å². The van der Waals surface area contributed by atoms with Crippen LogP contribution in [0.25, 0.3) is 0 Å². The molecule has 1 amide bonds. The highest BCUT2D eigenvalue weighted by Crippen LogP contribution is 2.15. The van der Waals surface area contributed by atoms with Gasteiger partial charge in [0.2, 0.25) is 15.9 Å². The highest BCUT2D eigenvalue weighted by molar-refractivity contribution is 7.89. The van der Waals surface area contributed by atoms with Gasteiger partial charge in [-0.05, 0) is 48.9 Å². The van der Waals surface area contributed by atoms with E-state index in [-0.39, 0.29) is 10.8 Å². The Morgan fingerprint density at radius 2 is 1.73 bits per heavy atom. The fourth-order valence-electron chi connectivity index (χ4n) is 2.38. The predicted molar refractivity (Wildman–Crippen MR) is 101 cm³/mol. The summed E-state index contributed by atoms with van der Waals surface area (Å²) in [6.45, 7) is 1.87. The molecule has 1 unspecified atom stereocenters. The van der Waals surface area contributed by atoms with Crippen molar-refractivity contribution in [2.75, 3.05) is 14.2 Å². The summed E-state index contributed by atoms with van der Waals surface area (Å²) in [5.74, 6) is 0.394. The quantitative estimate of drug-likeness (QED) is 0.780. The summed E-state index contributed by atoms with van der Waals surface area (Å²) in [6.07, 6.45) is 0. The summed E-state index contributed by atoms with van der Waals surface area (Å²) in [5, 5.41) is 0.437. The smallest absolute Gasteiger partial charge is 0.241 e. The lowest BCUT2D eigenvalue weighted by molar-refractivity contribution is -0.131. The van der Waals surface area contributed by atoms with E-state index in [0.717, 1.165) is 11.3 Å². The lowest BCUT2D eigenvalue weighted by atomic mass is 10.2. The first-order chi connectivity index (χ1) is 12.2. The molecule has 1 atom stereocenters. The number of carbonyl (C=O) groups excluding carboxylic acids is 1. The third kappa shape index (κ3) is 5.20. The fourth-order valence-corrected chi connectivity index (χ4v) is 3.70. The lowest BCUT2D eigenvalue weighted by Gasteiger charge is -2.22. The Balaban J connectivity index is 2.02. The summed E-state index contributed by atoms with van der Waals surface area (Å²) in [5.41, 5.74) is 0.911. The maximum Gasteiger partial charge on any atom is 0.241 e. The van der Waals surface area contributed by atoms with Crippen molar-refractivity contribution in [1.82, 2.24) is 9.62 Å². The van der Waals surface area contributed by atoms with Crippen LogP contribution in [-0.4, -0.2) is 39.4 Å². The number of sulfonamides is 1. The third-order valence-electron chi connectivity index (χ3n) is 3.78. The average molecular weight is 397 g/mol. The number of carbonyl (C=O) groups is 1. The topological polar surface area (TPSA) is 75.7 Å². The minimum Gasteiger partial charge on any atom is -0.497 e. The van der Waals surface area contributed by atoms with Crippen molar-refractivity contribution in [3.8, 4) is 5.75 Å². The molecular weight excluding hydrogens is 376 g/mol. The van der Waals surface area contributed by atoms with Gasteiger partial charge in [-0.15, -0.1) is 0 Å². The molecule has 8 heteroatoms. The van der Waals surface area contributed by atoms with E-state index >= 15 is 0 Å². The molecule has 140 valence electrons. The van der Waals surface area contributed by atoms with Gasteiger partial charge >= 0.3 is 0 Å². The molecule has 0 fully saturated rings. The third-order valence-corrected chi connectivity index (χ3v) is 5.59. The summed E-state index contributed by atoms with van der Waals surface area (Å²) in [4.78, 5) is 14.0. The molecule has 26 heavy (non-hydrogen) atoms. The van der Waals surface area contributed by atoms with Crippen LogP contribution in [0.15, 0.2) is 53.4 Å². The van der Waals surface area contributed by atoms with Crippen molar-refractivity contribution < 1.29 is 17.9 Å². The predicted octanol–water partition coefficient (Wildman–Crippen LogP) is 2.67. The number of hydrogen-bond acceptors (Lipinski definition) is 4. The molecule has 0 aliphatic heterocycles. The molecule has 0 heterocycles. The molecule has 0 aromatic heterocycles. The van der Waals surface area contributed by atoms with E-state index in [9.17, 15) is 13.2 Å². The minimum absolute atomic E-state index is 0.0550. The highest BCUT2D eigenvalue weighted by atomic mass is 35.5. The number of rotatable bonds is 7. The van der Waals surface area contributed by atoms with Crippen LogP contribution in [0.2, 0.25) is 5.02 Å². The van der Waals surface area contributed by atoms with E-state index in [1.807, 2.05) is 12.1 Å². The second kappa shape index (κ2) is 8.53. The normalized spacial score (nSPS) is 12.5. The molecule has 0 aliphatic rings. The van der Waals surface area contributed by atoms with Gasteiger partial charge in [-0.1, -0.05) is 23.7 Å². The van der Waals surface area contributed by atoms with Crippen molar-refractivity contribution in [2.45, 2.75) is 24.4 Å². The van der Waals surface area contributed by atoms with Crippen molar-refractivity contribution in [2.24, 2.45) is 0 Å². The monoisotopic (exact) mass is 396 g/mol. The van der Waals surface area contributed by atoms with Crippen LogP contribution in [0.3, 0.4) is 0 Å². The van der Waals surface area contributed by atoms with Crippen LogP contribution < -0.4 is 9.46 Å². The summed E-state index contributed by atoms with van der Waals surface area (Å²) in [6, 6.07) is 12.2. The molecule has 2 aromatic rings. The zero-order chi connectivity index (χ0) is 19.3. The second-order valence-electron chi connectivity index (χ2n) is 5.84. The van der Waals surface area contributed by atoms with Crippen molar-refractivity contribution >= 4 is 27.5 Å². The van der Waals surface area contributed by atoms with Gasteiger partial charge < -0.3 is 9.64 Å². The van der Waals surface area contributed by atoms with Gasteiger partial charge in [-0.3, -0.25) is 4.79 Å². The van der Waals surface area contributed by atoms with Crippen LogP contribution in [0.4, 0.5) is 0 Å². The number of nitrogens with zero attached hydrogens (tertiary/aromatic N) is 1. The Labute approximate surface area is 158 Å². The molecule has 2 rings (SSSR count). The second-order valence-corrected chi connectivity index (χ2v) is 7.99. The molecule has 0 saturated carbocycles. The molecule has 0 bridgehead atoms. The average Bonchev–Trinajstić information content (AvgIpc) is 2.61. The van der Waals surface area contributed by atoms with Gasteiger partial charge in [0.1, 0.15) is 5.75 Å². The number of nitrogens with one attached hydrogen (secondary N) is 1. The van der Waals surface area contributed by atoms with E-state index in [0.29, 0.717) is 11.6 Å². The van der Waals surface area contributed by atoms with Crippen LogP contribution >= 0.6 is 11.6 Å². The zero-order valence-corrected chi connectivity index (χ0v) is 16.3. The largest absolute Gasteiger partial charge is 0.497 e. The Morgan fingerprint density at radius 3 is 2.27 bits per heavy atom. The maximum absolute atomic E-state index is 12.5. The number of ether oxygens (including phenoxy) is 1. The number of halogens is 1. The van der Waals surface area contributed by atoms with Crippen molar-refractivity contribution in [3.63, 3.8) is 0 Å². The number of likely N-dealkylation sites (N-methyl/N-ethyl adjacent to an activating group) is 1. The van der Waals surface area contributed by atoms with E-state index in [4.69, 9.17) is 16.3 Å². The number of hydrogen-bond donors (Lipinski definition) is 1. The van der Waals surface area contributed by atoms with Gasteiger partial charge in [-0.25, -0.2) is 8.42 Å². The fraction of sp³-hybridized carbons (Fsp3) is 0.278. The molecule has 0 radical (unpaired) electrons. The molecule has 0 spiro atoms. The van der Waals surface area contributed by atoms with Gasteiger partial charge in [-0.2, -0.15) is 4.72 Å². The first-order valence-electron chi connectivity index (χ1n) is 7.89. The number of benzene rings is 2. The van der Waals surface area contributed by atoms with Crippen LogP contribution in [0.5, 0.6) is 5.75 Å². The SMILES string of the molecule is COc1ccc(CN(C)C(=O)C(C)NS(=O)(=O)c2ccc(Cl)cc2)cc1. The standard InChI is InChI=1S/C18H21ClN2O4S/c1-13(20-26(23,24)17-10-6-15(19)7-11-17)18(22)21(2)12-14-4-8-16(25-3)9-5-14/h4-11,13,20H,12H2,1-3H3. The lowest BCUT2D eigenvalue weighted by Crippen LogP contribution is -2.45. The Kier molecular flexibility index (Phi) is 6.63. The van der Waals surface area contributed by atoms with E-state index in [1.165, 1.54) is 36.1 Å². The van der Waals surface area contributed by atoms with Crippen molar-refractivity contribution in [1.29, 1.82) is 0 Å². The van der Waals surface area contributed by atoms with Gasteiger partial charge in [0, 0.05) is 18.6 Å². The highest BCUT2D eigenvalue weighted by Gasteiger charge is 2.24. The zero-order valence-electron chi connectivity index (χ0n) is 14.8. The van der Waals surface area contributed by atoms with Crippen LogP contribution in [-0.2, 0) is 21.4 Å². The number of amides is 1. The Morgan fingerprint density at radius 1 is 1.15 bits per heavy atom. The molecule has 6 nitrogen and oxygen atoms in total.